The SMILES string of the molecule is C[C@H](OC(=O)c1nn(-c2ccccc2)c2c1CCC2)c1ccccc1[N+](=O)[O-]. The molecule has 1 aliphatic rings. The Morgan fingerprint density at radius 1 is 1.14 bits per heavy atom. The largest absolute Gasteiger partial charge is 0.453 e. The Bertz CT molecular complexity index is 1040. The summed E-state index contributed by atoms with van der Waals surface area (Å²) in [7, 11) is 0. The highest BCUT2D eigenvalue weighted by atomic mass is 16.6. The van der Waals surface area contributed by atoms with E-state index in [2.05, 4.69) is 5.10 Å². The third-order valence-corrected chi connectivity index (χ3v) is 4.98. The molecule has 0 N–H and O–H groups in total. The number of carbonyl (C=O) groups is 1. The van der Waals surface area contributed by atoms with Crippen molar-refractivity contribution in [2.45, 2.75) is 32.3 Å². The van der Waals surface area contributed by atoms with Gasteiger partial charge in [-0.3, -0.25) is 10.1 Å². The molecule has 142 valence electrons. The van der Waals surface area contributed by atoms with Crippen molar-refractivity contribution in [2.24, 2.45) is 0 Å². The normalized spacial score (nSPS) is 13.8. The van der Waals surface area contributed by atoms with Crippen LogP contribution in [0, 0.1) is 10.1 Å². The van der Waals surface area contributed by atoms with Gasteiger partial charge in [0.25, 0.3) is 5.69 Å². The fraction of sp³-hybridized carbons (Fsp3) is 0.238. The number of nitro groups is 1. The van der Waals surface area contributed by atoms with Gasteiger partial charge < -0.3 is 4.74 Å². The molecular formula is C21H19N3O4. The van der Waals surface area contributed by atoms with E-state index in [4.69, 9.17) is 4.74 Å². The monoisotopic (exact) mass is 377 g/mol. The molecule has 0 aliphatic heterocycles. The van der Waals surface area contributed by atoms with Gasteiger partial charge in [-0.2, -0.15) is 5.10 Å². The molecule has 0 saturated heterocycles. The maximum Gasteiger partial charge on any atom is 0.359 e. The van der Waals surface area contributed by atoms with Gasteiger partial charge in [-0.25, -0.2) is 9.48 Å². The summed E-state index contributed by atoms with van der Waals surface area (Å²) in [6.45, 7) is 1.63. The minimum atomic E-state index is -0.756. The van der Waals surface area contributed by atoms with Crippen LogP contribution in [-0.4, -0.2) is 20.7 Å². The standard InChI is InChI=1S/C21H19N3O4/c1-14(16-10-5-6-12-19(16)24(26)27)28-21(25)20-17-11-7-13-18(17)23(22-20)15-8-3-2-4-9-15/h2-6,8-10,12,14H,7,11,13H2,1H3/t14-/m0/s1. The highest BCUT2D eigenvalue weighted by molar-refractivity contribution is 5.89. The number of aromatic nitrogens is 2. The Hall–Kier alpha value is -3.48. The molecule has 0 fully saturated rings. The fourth-order valence-corrected chi connectivity index (χ4v) is 3.66. The second-order valence-corrected chi connectivity index (χ2v) is 6.74. The van der Waals surface area contributed by atoms with E-state index in [9.17, 15) is 14.9 Å². The lowest BCUT2D eigenvalue weighted by molar-refractivity contribution is -0.386. The third-order valence-electron chi connectivity index (χ3n) is 4.98. The van der Waals surface area contributed by atoms with Gasteiger partial charge in [0, 0.05) is 17.3 Å². The minimum absolute atomic E-state index is 0.0668. The molecule has 0 radical (unpaired) electrons. The molecule has 0 spiro atoms. The van der Waals surface area contributed by atoms with E-state index >= 15 is 0 Å². The number of esters is 1. The van der Waals surface area contributed by atoms with Crippen LogP contribution in [0.4, 0.5) is 5.69 Å². The van der Waals surface area contributed by atoms with Crippen molar-refractivity contribution in [2.75, 3.05) is 0 Å². The number of fused-ring (bicyclic) bond motifs is 1. The predicted octanol–water partition coefficient (Wildman–Crippen LogP) is 4.19. The lowest BCUT2D eigenvalue weighted by Crippen LogP contribution is -2.13. The highest BCUT2D eigenvalue weighted by Gasteiger charge is 2.30. The smallest absolute Gasteiger partial charge is 0.359 e. The zero-order valence-corrected chi connectivity index (χ0v) is 15.4. The van der Waals surface area contributed by atoms with E-state index in [-0.39, 0.29) is 5.69 Å². The zero-order chi connectivity index (χ0) is 19.7. The number of nitro benzene ring substituents is 1. The molecule has 4 rings (SSSR count). The van der Waals surface area contributed by atoms with Gasteiger partial charge in [-0.05, 0) is 44.4 Å². The quantitative estimate of drug-likeness (QED) is 0.378. The first-order valence-corrected chi connectivity index (χ1v) is 9.16. The average Bonchev–Trinajstić information content (AvgIpc) is 3.31. The van der Waals surface area contributed by atoms with Crippen molar-refractivity contribution in [3.05, 3.63) is 87.2 Å². The zero-order valence-electron chi connectivity index (χ0n) is 15.4. The molecule has 1 atom stereocenters. The van der Waals surface area contributed by atoms with Crippen molar-refractivity contribution in [3.8, 4) is 5.69 Å². The molecule has 0 unspecified atom stereocenters. The number of hydrogen-bond donors (Lipinski definition) is 0. The van der Waals surface area contributed by atoms with Gasteiger partial charge >= 0.3 is 5.97 Å². The Balaban J connectivity index is 1.64. The molecule has 0 bridgehead atoms. The highest BCUT2D eigenvalue weighted by Crippen LogP contribution is 2.31. The van der Waals surface area contributed by atoms with Gasteiger partial charge in [0.15, 0.2) is 5.69 Å². The van der Waals surface area contributed by atoms with E-state index in [0.29, 0.717) is 11.3 Å². The van der Waals surface area contributed by atoms with E-state index in [0.717, 1.165) is 36.2 Å². The van der Waals surface area contributed by atoms with E-state index in [1.807, 2.05) is 30.3 Å². The first-order valence-electron chi connectivity index (χ1n) is 9.16. The number of ether oxygens (including phenoxy) is 1. The van der Waals surface area contributed by atoms with Crippen molar-refractivity contribution in [1.82, 2.24) is 9.78 Å². The third kappa shape index (κ3) is 3.15. The second-order valence-electron chi connectivity index (χ2n) is 6.74. The number of hydrogen-bond acceptors (Lipinski definition) is 5. The molecule has 1 heterocycles. The summed E-state index contributed by atoms with van der Waals surface area (Å²) < 4.78 is 7.37. The Kier molecular flexibility index (Phi) is 4.65. The van der Waals surface area contributed by atoms with Crippen LogP contribution in [0.2, 0.25) is 0 Å². The first kappa shape index (κ1) is 17.9. The lowest BCUT2D eigenvalue weighted by Gasteiger charge is -2.13. The van der Waals surface area contributed by atoms with Crippen molar-refractivity contribution >= 4 is 11.7 Å². The van der Waals surface area contributed by atoms with Gasteiger partial charge in [0.1, 0.15) is 6.10 Å². The summed E-state index contributed by atoms with van der Waals surface area (Å²) in [6.07, 6.45) is 1.82. The van der Waals surface area contributed by atoms with Gasteiger partial charge in [-0.15, -0.1) is 0 Å². The van der Waals surface area contributed by atoms with Crippen LogP contribution < -0.4 is 0 Å². The van der Waals surface area contributed by atoms with Crippen LogP contribution >= 0.6 is 0 Å². The molecule has 3 aromatic rings. The second kappa shape index (κ2) is 7.26. The number of rotatable bonds is 5. The van der Waals surface area contributed by atoms with Crippen LogP contribution in [0.5, 0.6) is 0 Å². The number of benzene rings is 2. The van der Waals surface area contributed by atoms with Crippen LogP contribution in [0.25, 0.3) is 5.69 Å². The van der Waals surface area contributed by atoms with Gasteiger partial charge in [-0.1, -0.05) is 30.3 Å². The molecule has 7 heteroatoms. The van der Waals surface area contributed by atoms with E-state index in [1.54, 1.807) is 29.8 Å². The van der Waals surface area contributed by atoms with E-state index in [1.165, 1.54) is 6.07 Å². The fourth-order valence-electron chi connectivity index (χ4n) is 3.66. The van der Waals surface area contributed by atoms with Crippen LogP contribution in [0.3, 0.4) is 0 Å². The molecule has 7 nitrogen and oxygen atoms in total. The molecule has 2 aromatic carbocycles. The molecule has 1 aromatic heterocycles. The van der Waals surface area contributed by atoms with Crippen molar-refractivity contribution < 1.29 is 14.5 Å². The van der Waals surface area contributed by atoms with Crippen LogP contribution in [0.15, 0.2) is 54.6 Å². The Morgan fingerprint density at radius 2 is 1.86 bits per heavy atom. The minimum Gasteiger partial charge on any atom is -0.453 e. The number of carbonyl (C=O) groups excluding carboxylic acids is 1. The maximum atomic E-state index is 12.8. The van der Waals surface area contributed by atoms with Crippen molar-refractivity contribution in [1.29, 1.82) is 0 Å². The summed E-state index contributed by atoms with van der Waals surface area (Å²) in [5.74, 6) is -0.557. The summed E-state index contributed by atoms with van der Waals surface area (Å²) in [5, 5.41) is 15.8. The summed E-state index contributed by atoms with van der Waals surface area (Å²) >= 11 is 0. The maximum absolute atomic E-state index is 12.8. The van der Waals surface area contributed by atoms with E-state index < -0.39 is 17.0 Å². The van der Waals surface area contributed by atoms with Crippen LogP contribution in [-0.2, 0) is 17.6 Å². The molecule has 0 saturated carbocycles. The average molecular weight is 377 g/mol. The Labute approximate surface area is 161 Å². The molecular weight excluding hydrogens is 358 g/mol. The lowest BCUT2D eigenvalue weighted by atomic mass is 10.1. The number of nitrogens with zero attached hydrogens (tertiary/aromatic N) is 3. The summed E-state index contributed by atoms with van der Waals surface area (Å²) in [5.41, 5.74) is 3.41. The Morgan fingerprint density at radius 3 is 2.61 bits per heavy atom. The topological polar surface area (TPSA) is 87.3 Å². The molecule has 1 aliphatic carbocycles. The van der Waals surface area contributed by atoms with Gasteiger partial charge in [0.2, 0.25) is 0 Å². The molecule has 28 heavy (non-hydrogen) atoms. The predicted molar refractivity (Wildman–Crippen MR) is 103 cm³/mol. The van der Waals surface area contributed by atoms with Crippen molar-refractivity contribution in [3.63, 3.8) is 0 Å². The summed E-state index contributed by atoms with van der Waals surface area (Å²) in [4.78, 5) is 23.6. The van der Waals surface area contributed by atoms with Crippen LogP contribution in [0.1, 0.15) is 46.8 Å². The number of para-hydroxylation sites is 2. The first-order chi connectivity index (χ1) is 13.6. The van der Waals surface area contributed by atoms with Gasteiger partial charge in [0.05, 0.1) is 16.2 Å². The summed E-state index contributed by atoms with van der Waals surface area (Å²) in [6, 6.07) is 15.9. The molecule has 0 amide bonds.